The Morgan fingerprint density at radius 3 is 1.51 bits per heavy atom. The highest BCUT2D eigenvalue weighted by molar-refractivity contribution is 5.77. The summed E-state index contributed by atoms with van der Waals surface area (Å²) in [5, 5.41) is 63.2. The van der Waals surface area contributed by atoms with Crippen LogP contribution in [0.5, 0.6) is 0 Å². The summed E-state index contributed by atoms with van der Waals surface area (Å²) in [6.07, 6.45) is -7.96. The van der Waals surface area contributed by atoms with Crippen LogP contribution in [0.3, 0.4) is 0 Å². The largest absolute Gasteiger partial charge is 0.394 e. The number of aliphatic hydroxyl groups excluding tert-OH is 5. The summed E-state index contributed by atoms with van der Waals surface area (Å²) in [5.74, 6) is -1.40. The normalized spacial score (nSPS) is 30.6. The van der Waals surface area contributed by atoms with Gasteiger partial charge in [-0.3, -0.25) is 19.2 Å². The second kappa shape index (κ2) is 21.2. The van der Waals surface area contributed by atoms with E-state index in [4.69, 9.17) is 18.9 Å². The molecule has 6 unspecified atom stereocenters. The highest BCUT2D eigenvalue weighted by Gasteiger charge is 2.46. The van der Waals surface area contributed by atoms with E-state index in [1.54, 1.807) is 0 Å². The molecule has 10 atom stereocenters. The summed E-state index contributed by atoms with van der Waals surface area (Å²) in [6.45, 7) is 2.18. The monoisotopic (exact) mass is 679 g/mol. The number of nitrogens with one attached hydrogen (secondary N) is 4. The van der Waals surface area contributed by atoms with Crippen molar-refractivity contribution in [2.45, 2.75) is 114 Å². The third-order valence-electron chi connectivity index (χ3n) is 7.51. The van der Waals surface area contributed by atoms with E-state index in [1.165, 1.54) is 13.8 Å². The van der Waals surface area contributed by atoms with Gasteiger partial charge in [-0.1, -0.05) is 5.18 Å². The maximum atomic E-state index is 12.1. The Morgan fingerprint density at radius 2 is 1.11 bits per heavy atom. The lowest BCUT2D eigenvalue weighted by atomic mass is 9.96. The molecule has 2 aliphatic rings. The molecule has 0 aromatic carbocycles. The van der Waals surface area contributed by atoms with Gasteiger partial charge in [0.15, 0.2) is 12.6 Å². The van der Waals surface area contributed by atoms with Crippen molar-refractivity contribution < 1.29 is 63.7 Å². The number of nitroso groups, excluding NO2 is 1. The minimum Gasteiger partial charge on any atom is -0.394 e. The molecule has 0 aromatic heterocycles. The van der Waals surface area contributed by atoms with E-state index in [9.17, 15) is 49.6 Å². The number of carbonyl (C=O) groups is 4. The lowest BCUT2D eigenvalue weighted by Crippen LogP contribution is -2.64. The van der Waals surface area contributed by atoms with Gasteiger partial charge >= 0.3 is 0 Å². The number of hydrogen-bond acceptors (Lipinski definition) is 15. The average Bonchev–Trinajstić information content (AvgIpc) is 3.02. The minimum atomic E-state index is -1.44. The lowest BCUT2D eigenvalue weighted by molar-refractivity contribution is -0.270. The zero-order valence-electron chi connectivity index (χ0n) is 26.6. The van der Waals surface area contributed by atoms with Gasteiger partial charge in [0, 0.05) is 53.0 Å². The van der Waals surface area contributed by atoms with Crippen LogP contribution in [-0.2, 0) is 38.1 Å². The molecule has 0 saturated carbocycles. The van der Waals surface area contributed by atoms with Crippen molar-refractivity contribution in [1.29, 1.82) is 0 Å². The molecular formula is C28H49N5O14. The molecule has 4 amide bonds. The third-order valence-corrected chi connectivity index (χ3v) is 7.51. The molecule has 0 aliphatic carbocycles. The van der Waals surface area contributed by atoms with Gasteiger partial charge in [-0.05, 0) is 25.7 Å². The molecular weight excluding hydrogens is 630 g/mol. The standard InChI is InChI=1S/C28H49N5O14/c1-15(35)32-21-25(41)23(39)17(13-31-43)46-27(21)44-11-5-3-7-19(37)29-9-10-30-20(38)8-4-6-12-45-28-22(33-16(2)36)26(42)24(40)18(14-34)47-28/h17-18,21-28,34,39-42H,3-14H2,1-2H3,(H,29,37)(H,30,38)(H,32,35)(H,33,36)/t17?,18?,21?,22?,23-,24-,25?,26?,27+,28+/m0/s1. The van der Waals surface area contributed by atoms with E-state index in [2.05, 4.69) is 26.4 Å². The van der Waals surface area contributed by atoms with E-state index < -0.39 is 86.3 Å². The number of unbranched alkanes of at least 4 members (excludes halogenated alkanes) is 2. The van der Waals surface area contributed by atoms with Crippen LogP contribution in [0, 0.1) is 4.91 Å². The quantitative estimate of drug-likeness (QED) is 0.0442. The second-order valence-electron chi connectivity index (χ2n) is 11.4. The van der Waals surface area contributed by atoms with E-state index in [-0.39, 0.29) is 51.0 Å². The average molecular weight is 680 g/mol. The number of ether oxygens (including phenoxy) is 4. The van der Waals surface area contributed by atoms with Crippen LogP contribution >= 0.6 is 0 Å². The molecule has 2 aliphatic heterocycles. The number of amides is 4. The predicted molar refractivity (Wildman–Crippen MR) is 160 cm³/mol. The second-order valence-corrected chi connectivity index (χ2v) is 11.4. The maximum absolute atomic E-state index is 12.1. The minimum absolute atomic E-state index is 0.108. The molecule has 19 heteroatoms. The molecule has 2 rings (SSSR count). The molecule has 9 N–H and O–H groups in total. The number of rotatable bonds is 20. The first-order valence-corrected chi connectivity index (χ1v) is 15.6. The van der Waals surface area contributed by atoms with Crippen molar-refractivity contribution >= 4 is 23.6 Å². The van der Waals surface area contributed by atoms with E-state index in [0.29, 0.717) is 25.7 Å². The van der Waals surface area contributed by atoms with Gasteiger partial charge < -0.3 is 65.7 Å². The van der Waals surface area contributed by atoms with Crippen molar-refractivity contribution in [3.8, 4) is 0 Å². The topological polar surface area (TPSA) is 284 Å². The fraction of sp³-hybridized carbons (Fsp3) is 0.857. The van der Waals surface area contributed by atoms with Crippen molar-refractivity contribution in [2.75, 3.05) is 39.5 Å². The SMILES string of the molecule is CC(=O)NC1C(O)[C@@H](O)C(CO)O[C@H]1OCCCCC(=O)NCCNC(=O)CCCCO[C@@H]1OC(CN=O)[C@H](O)C(O)C1NC(C)=O. The Hall–Kier alpha value is -2.88. The highest BCUT2D eigenvalue weighted by atomic mass is 16.7. The highest BCUT2D eigenvalue weighted by Crippen LogP contribution is 2.24. The smallest absolute Gasteiger partial charge is 0.220 e. The van der Waals surface area contributed by atoms with Crippen LogP contribution in [-0.4, -0.2) is 150 Å². The molecule has 0 radical (unpaired) electrons. The van der Waals surface area contributed by atoms with Gasteiger partial charge in [0.05, 0.1) is 6.61 Å². The Bertz CT molecular complexity index is 1010. The molecule has 47 heavy (non-hydrogen) atoms. The summed E-state index contributed by atoms with van der Waals surface area (Å²) >= 11 is 0. The fourth-order valence-electron chi connectivity index (χ4n) is 5.05. The lowest BCUT2D eigenvalue weighted by Gasteiger charge is -2.42. The molecule has 2 fully saturated rings. The first kappa shape index (κ1) is 40.3. The van der Waals surface area contributed by atoms with Crippen molar-refractivity contribution in [3.63, 3.8) is 0 Å². The summed E-state index contributed by atoms with van der Waals surface area (Å²) < 4.78 is 22.2. The van der Waals surface area contributed by atoms with Crippen molar-refractivity contribution in [3.05, 3.63) is 4.91 Å². The number of nitrogens with zero attached hydrogens (tertiary/aromatic N) is 1. The summed E-state index contributed by atoms with van der Waals surface area (Å²) in [4.78, 5) is 57.9. The number of carbonyl (C=O) groups excluding carboxylic acids is 4. The zero-order chi connectivity index (χ0) is 34.9. The van der Waals surface area contributed by atoms with E-state index >= 15 is 0 Å². The number of hydrogen-bond donors (Lipinski definition) is 9. The van der Waals surface area contributed by atoms with Crippen LogP contribution < -0.4 is 21.3 Å². The molecule has 2 heterocycles. The predicted octanol–water partition coefficient (Wildman–Crippen LogP) is -3.75. The van der Waals surface area contributed by atoms with Crippen molar-refractivity contribution in [2.24, 2.45) is 5.18 Å². The van der Waals surface area contributed by atoms with Crippen LogP contribution in [0.25, 0.3) is 0 Å². The first-order valence-electron chi connectivity index (χ1n) is 15.6. The fourth-order valence-corrected chi connectivity index (χ4v) is 5.05. The zero-order valence-corrected chi connectivity index (χ0v) is 26.6. The van der Waals surface area contributed by atoms with Gasteiger partial charge in [0.1, 0.15) is 55.3 Å². The summed E-state index contributed by atoms with van der Waals surface area (Å²) in [5.41, 5.74) is 0. The molecule has 0 aromatic rings. The molecule has 0 bridgehead atoms. The van der Waals surface area contributed by atoms with Gasteiger partial charge in [0.2, 0.25) is 23.6 Å². The van der Waals surface area contributed by atoms with Crippen molar-refractivity contribution in [1.82, 2.24) is 21.3 Å². The Morgan fingerprint density at radius 1 is 0.681 bits per heavy atom. The Kier molecular flexibility index (Phi) is 18.1. The molecule has 270 valence electrons. The summed E-state index contributed by atoms with van der Waals surface area (Å²) in [7, 11) is 0. The molecule has 2 saturated heterocycles. The molecule has 0 spiro atoms. The maximum Gasteiger partial charge on any atom is 0.220 e. The summed E-state index contributed by atoms with van der Waals surface area (Å²) in [6, 6.07) is -2.10. The van der Waals surface area contributed by atoms with E-state index in [1.807, 2.05) is 0 Å². The number of aliphatic hydroxyl groups is 5. The van der Waals surface area contributed by atoms with Gasteiger partial charge in [-0.15, -0.1) is 0 Å². The van der Waals surface area contributed by atoms with Crippen LogP contribution in [0.4, 0.5) is 0 Å². The van der Waals surface area contributed by atoms with Gasteiger partial charge in [-0.2, -0.15) is 4.91 Å². The molecule has 19 nitrogen and oxygen atoms in total. The van der Waals surface area contributed by atoms with Gasteiger partial charge in [0.25, 0.3) is 0 Å². The Labute approximate surface area is 272 Å². The first-order chi connectivity index (χ1) is 22.4. The van der Waals surface area contributed by atoms with Gasteiger partial charge in [-0.25, -0.2) is 0 Å². The van der Waals surface area contributed by atoms with E-state index in [0.717, 1.165) is 0 Å². The van der Waals surface area contributed by atoms with Crippen LogP contribution in [0.15, 0.2) is 5.18 Å². The van der Waals surface area contributed by atoms with Crippen LogP contribution in [0.1, 0.15) is 52.4 Å². The Balaban J connectivity index is 1.57. The third kappa shape index (κ3) is 13.6. The van der Waals surface area contributed by atoms with Crippen LogP contribution in [0.2, 0.25) is 0 Å².